The summed E-state index contributed by atoms with van der Waals surface area (Å²) >= 11 is 0. The summed E-state index contributed by atoms with van der Waals surface area (Å²) in [6.07, 6.45) is 1.76. The maximum Gasteiger partial charge on any atom is 0.239 e. The van der Waals surface area contributed by atoms with Crippen molar-refractivity contribution in [3.63, 3.8) is 0 Å². The second kappa shape index (κ2) is 7.51. The molecule has 1 amide bonds. The standard InChI is InChI=1S/C15H25N5O2/c1-10-8-14(18-11(2)17-10)20-6-4-12(5-7-20)19-15(21)13(16)9-22-3/h8,12-13H,4-7,9,16H2,1-3H3,(H,19,21). The van der Waals surface area contributed by atoms with E-state index in [4.69, 9.17) is 10.5 Å². The zero-order valence-electron chi connectivity index (χ0n) is 13.5. The molecule has 0 radical (unpaired) electrons. The summed E-state index contributed by atoms with van der Waals surface area (Å²) in [5.74, 6) is 1.61. The smallest absolute Gasteiger partial charge is 0.239 e. The van der Waals surface area contributed by atoms with E-state index in [0.717, 1.165) is 43.3 Å². The monoisotopic (exact) mass is 307 g/mol. The number of amides is 1. The highest BCUT2D eigenvalue weighted by Crippen LogP contribution is 2.18. The number of carbonyl (C=O) groups is 1. The first-order valence-corrected chi connectivity index (χ1v) is 7.61. The van der Waals surface area contributed by atoms with E-state index < -0.39 is 6.04 Å². The summed E-state index contributed by atoms with van der Waals surface area (Å²) < 4.78 is 4.90. The highest BCUT2D eigenvalue weighted by molar-refractivity contribution is 5.81. The highest BCUT2D eigenvalue weighted by Gasteiger charge is 2.23. The van der Waals surface area contributed by atoms with Crippen molar-refractivity contribution in [2.24, 2.45) is 5.73 Å². The van der Waals surface area contributed by atoms with Crippen LogP contribution in [-0.4, -0.2) is 54.8 Å². The van der Waals surface area contributed by atoms with Crippen LogP contribution < -0.4 is 16.0 Å². The molecular weight excluding hydrogens is 282 g/mol. The molecule has 0 aromatic carbocycles. The summed E-state index contributed by atoms with van der Waals surface area (Å²) in [4.78, 5) is 22.9. The van der Waals surface area contributed by atoms with Crippen LogP contribution in [-0.2, 0) is 9.53 Å². The molecule has 1 unspecified atom stereocenters. The molecule has 0 bridgehead atoms. The van der Waals surface area contributed by atoms with Crippen molar-refractivity contribution >= 4 is 11.7 Å². The van der Waals surface area contributed by atoms with E-state index in [0.29, 0.717) is 0 Å². The number of piperidine rings is 1. The molecule has 1 aromatic heterocycles. The number of nitrogens with one attached hydrogen (secondary N) is 1. The lowest BCUT2D eigenvalue weighted by atomic mass is 10.0. The molecule has 0 spiro atoms. The number of carbonyl (C=O) groups excluding carboxylic acids is 1. The van der Waals surface area contributed by atoms with Gasteiger partial charge in [0.25, 0.3) is 0 Å². The lowest BCUT2D eigenvalue weighted by molar-refractivity contribution is -0.124. The van der Waals surface area contributed by atoms with E-state index in [2.05, 4.69) is 20.2 Å². The van der Waals surface area contributed by atoms with Crippen molar-refractivity contribution in [1.82, 2.24) is 15.3 Å². The molecule has 1 aliphatic rings. The molecule has 2 heterocycles. The summed E-state index contributed by atoms with van der Waals surface area (Å²) in [6.45, 7) is 5.84. The van der Waals surface area contributed by atoms with Crippen LogP contribution in [0.5, 0.6) is 0 Å². The van der Waals surface area contributed by atoms with Gasteiger partial charge >= 0.3 is 0 Å². The van der Waals surface area contributed by atoms with Crippen LogP contribution in [0.3, 0.4) is 0 Å². The molecule has 0 aliphatic carbocycles. The fraction of sp³-hybridized carbons (Fsp3) is 0.667. The molecular formula is C15H25N5O2. The molecule has 7 nitrogen and oxygen atoms in total. The van der Waals surface area contributed by atoms with Gasteiger partial charge in [0.2, 0.25) is 5.91 Å². The van der Waals surface area contributed by atoms with Gasteiger partial charge in [-0.3, -0.25) is 4.79 Å². The Labute approximate surface area is 131 Å². The number of hydrogen-bond donors (Lipinski definition) is 2. The van der Waals surface area contributed by atoms with Gasteiger partial charge in [-0.05, 0) is 26.7 Å². The first kappa shape index (κ1) is 16.6. The van der Waals surface area contributed by atoms with Crippen LogP contribution in [0.25, 0.3) is 0 Å². The van der Waals surface area contributed by atoms with E-state index in [-0.39, 0.29) is 18.6 Å². The Balaban J connectivity index is 1.86. The second-order valence-electron chi connectivity index (χ2n) is 5.75. The normalized spacial score (nSPS) is 17.4. The number of rotatable bonds is 5. The Bertz CT molecular complexity index is 494. The van der Waals surface area contributed by atoms with Gasteiger partial charge in [-0.1, -0.05) is 0 Å². The molecule has 7 heteroatoms. The van der Waals surface area contributed by atoms with Crippen LogP contribution >= 0.6 is 0 Å². The minimum Gasteiger partial charge on any atom is -0.383 e. The predicted octanol–water partition coefficient (Wildman–Crippen LogP) is 0.152. The van der Waals surface area contributed by atoms with Gasteiger partial charge < -0.3 is 20.7 Å². The Kier molecular flexibility index (Phi) is 5.68. The number of methoxy groups -OCH3 is 1. The Morgan fingerprint density at radius 2 is 2.14 bits per heavy atom. The fourth-order valence-electron chi connectivity index (χ4n) is 2.68. The largest absolute Gasteiger partial charge is 0.383 e. The van der Waals surface area contributed by atoms with E-state index in [9.17, 15) is 4.79 Å². The van der Waals surface area contributed by atoms with Crippen LogP contribution in [0, 0.1) is 13.8 Å². The molecule has 1 aromatic rings. The average molecular weight is 307 g/mol. The zero-order chi connectivity index (χ0) is 16.1. The van der Waals surface area contributed by atoms with Gasteiger partial charge in [0.05, 0.1) is 6.61 Å². The van der Waals surface area contributed by atoms with E-state index in [1.807, 2.05) is 19.9 Å². The van der Waals surface area contributed by atoms with E-state index in [1.165, 1.54) is 7.11 Å². The topological polar surface area (TPSA) is 93.4 Å². The number of aromatic nitrogens is 2. The minimum absolute atomic E-state index is 0.144. The van der Waals surface area contributed by atoms with Gasteiger partial charge in [-0.25, -0.2) is 9.97 Å². The molecule has 1 atom stereocenters. The van der Waals surface area contributed by atoms with Crippen LogP contribution in [0.1, 0.15) is 24.4 Å². The third-order valence-corrected chi connectivity index (χ3v) is 3.80. The molecule has 0 saturated carbocycles. The molecule has 2 rings (SSSR count). The third kappa shape index (κ3) is 4.38. The van der Waals surface area contributed by atoms with Crippen molar-refractivity contribution < 1.29 is 9.53 Å². The summed E-state index contributed by atoms with van der Waals surface area (Å²) in [6, 6.07) is 1.56. The Hall–Kier alpha value is -1.73. The average Bonchev–Trinajstić information content (AvgIpc) is 2.47. The van der Waals surface area contributed by atoms with Gasteiger partial charge in [-0.2, -0.15) is 0 Å². The highest BCUT2D eigenvalue weighted by atomic mass is 16.5. The molecule has 3 N–H and O–H groups in total. The van der Waals surface area contributed by atoms with Crippen molar-refractivity contribution in [2.45, 2.75) is 38.8 Å². The summed E-state index contributed by atoms with van der Waals surface area (Å²) in [7, 11) is 1.54. The zero-order valence-corrected chi connectivity index (χ0v) is 13.5. The molecule has 22 heavy (non-hydrogen) atoms. The number of hydrogen-bond acceptors (Lipinski definition) is 6. The van der Waals surface area contributed by atoms with Gasteiger partial charge in [0.15, 0.2) is 0 Å². The fourth-order valence-corrected chi connectivity index (χ4v) is 2.68. The summed E-state index contributed by atoms with van der Waals surface area (Å²) in [5.41, 5.74) is 6.71. The first-order valence-electron chi connectivity index (χ1n) is 7.61. The summed E-state index contributed by atoms with van der Waals surface area (Å²) in [5, 5.41) is 2.99. The molecule has 1 fully saturated rings. The number of nitrogens with two attached hydrogens (primary N) is 1. The number of aryl methyl sites for hydroxylation is 2. The van der Waals surface area contributed by atoms with Crippen molar-refractivity contribution in [1.29, 1.82) is 0 Å². The van der Waals surface area contributed by atoms with Crippen LogP contribution in [0.2, 0.25) is 0 Å². The maximum atomic E-state index is 11.9. The van der Waals surface area contributed by atoms with Crippen LogP contribution in [0.15, 0.2) is 6.07 Å². The van der Waals surface area contributed by atoms with Crippen molar-refractivity contribution in [3.05, 3.63) is 17.6 Å². The van der Waals surface area contributed by atoms with Gasteiger partial charge in [0, 0.05) is 38.0 Å². The molecule has 122 valence electrons. The second-order valence-corrected chi connectivity index (χ2v) is 5.75. The number of anilines is 1. The predicted molar refractivity (Wildman–Crippen MR) is 84.7 cm³/mol. The minimum atomic E-state index is -0.602. The quantitative estimate of drug-likeness (QED) is 0.804. The van der Waals surface area contributed by atoms with Crippen molar-refractivity contribution in [3.8, 4) is 0 Å². The third-order valence-electron chi connectivity index (χ3n) is 3.80. The number of ether oxygens (including phenoxy) is 1. The molecule has 1 saturated heterocycles. The maximum absolute atomic E-state index is 11.9. The van der Waals surface area contributed by atoms with Gasteiger partial charge in [-0.15, -0.1) is 0 Å². The lowest BCUT2D eigenvalue weighted by Crippen LogP contribution is -2.51. The molecule has 1 aliphatic heterocycles. The lowest BCUT2D eigenvalue weighted by Gasteiger charge is -2.33. The first-order chi connectivity index (χ1) is 10.5. The Morgan fingerprint density at radius 1 is 1.45 bits per heavy atom. The van der Waals surface area contributed by atoms with E-state index >= 15 is 0 Å². The number of nitrogens with zero attached hydrogens (tertiary/aromatic N) is 3. The van der Waals surface area contributed by atoms with Gasteiger partial charge in [0.1, 0.15) is 17.7 Å². The SMILES string of the molecule is COCC(N)C(=O)NC1CCN(c2cc(C)nc(C)n2)CC1. The Morgan fingerprint density at radius 3 is 2.73 bits per heavy atom. The van der Waals surface area contributed by atoms with E-state index in [1.54, 1.807) is 0 Å². The van der Waals surface area contributed by atoms with Crippen molar-refractivity contribution in [2.75, 3.05) is 31.7 Å². The van der Waals surface area contributed by atoms with Crippen LogP contribution in [0.4, 0.5) is 5.82 Å².